The molecule has 4 rings (SSSR count). The molecule has 0 amide bonds. The summed E-state index contributed by atoms with van der Waals surface area (Å²) in [5, 5.41) is 16.6. The van der Waals surface area contributed by atoms with Gasteiger partial charge >= 0.3 is 5.82 Å². The van der Waals surface area contributed by atoms with Crippen molar-refractivity contribution in [1.29, 1.82) is 0 Å². The van der Waals surface area contributed by atoms with Gasteiger partial charge in [-0.25, -0.2) is 9.97 Å². The lowest BCUT2D eigenvalue weighted by molar-refractivity contribution is -0.391. The first-order valence-electron chi connectivity index (χ1n) is 10.1. The summed E-state index contributed by atoms with van der Waals surface area (Å²) in [6.07, 6.45) is 3.93. The van der Waals surface area contributed by atoms with E-state index < -0.39 is 4.92 Å². The van der Waals surface area contributed by atoms with E-state index in [2.05, 4.69) is 25.0 Å². The van der Waals surface area contributed by atoms with Crippen LogP contribution in [0.25, 0.3) is 5.65 Å². The highest BCUT2D eigenvalue weighted by Gasteiger charge is 2.16. The van der Waals surface area contributed by atoms with Gasteiger partial charge in [0.2, 0.25) is 5.65 Å². The predicted molar refractivity (Wildman–Crippen MR) is 134 cm³/mol. The smallest absolute Gasteiger partial charge is 0.368 e. The standard InChI is InChI=1S/C20H20N8O3S3/c1-12-13(11-34-20-24-15(21)9-17(29)25-20)22-6-5-14(12)32-7-2-8-33-18-4-3-16-23-10-19(28(30)31)27(16)26-18/h3-6,9-10H,2,7-8,11H2,1H3,(H3,21,24,25,29). The number of anilines is 1. The third-order valence-corrected chi connectivity index (χ3v) is 7.78. The second-order valence-electron chi connectivity index (χ2n) is 7.01. The first-order chi connectivity index (χ1) is 16.4. The van der Waals surface area contributed by atoms with Gasteiger partial charge < -0.3 is 20.8 Å². The van der Waals surface area contributed by atoms with Crippen LogP contribution in [0.2, 0.25) is 0 Å². The first-order valence-corrected chi connectivity index (χ1v) is 13.1. The number of nitrogen functional groups attached to an aromatic ring is 1. The summed E-state index contributed by atoms with van der Waals surface area (Å²) in [5.41, 5.74) is 7.83. The van der Waals surface area contributed by atoms with Crippen molar-refractivity contribution in [3.05, 3.63) is 68.4 Å². The maximum absolute atomic E-state index is 11.5. The molecular weight excluding hydrogens is 496 g/mol. The summed E-state index contributed by atoms with van der Waals surface area (Å²) in [6.45, 7) is 2.03. The lowest BCUT2D eigenvalue weighted by Gasteiger charge is -2.10. The molecule has 0 aliphatic rings. The number of nitro groups is 1. The highest BCUT2D eigenvalue weighted by molar-refractivity contribution is 8.00. The van der Waals surface area contributed by atoms with Crippen molar-refractivity contribution in [2.75, 3.05) is 17.2 Å². The van der Waals surface area contributed by atoms with Gasteiger partial charge in [0.1, 0.15) is 17.0 Å². The first kappa shape index (κ1) is 24.0. The van der Waals surface area contributed by atoms with E-state index in [0.29, 0.717) is 21.6 Å². The zero-order valence-corrected chi connectivity index (χ0v) is 20.5. The molecule has 4 aromatic rings. The zero-order valence-electron chi connectivity index (χ0n) is 18.0. The molecule has 0 aliphatic heterocycles. The molecule has 0 spiro atoms. The SMILES string of the molecule is Cc1c(SCCCSc2ccc3ncc([N+](=O)[O-])n3n2)ccnc1CSc1nc(N)cc(=O)[nH]1. The third kappa shape index (κ3) is 5.87. The summed E-state index contributed by atoms with van der Waals surface area (Å²) in [6, 6.07) is 6.80. The van der Waals surface area contributed by atoms with Crippen LogP contribution in [0, 0.1) is 17.0 Å². The van der Waals surface area contributed by atoms with Crippen molar-refractivity contribution >= 4 is 52.6 Å². The number of H-pyrrole nitrogens is 1. The Morgan fingerprint density at radius 1 is 1.18 bits per heavy atom. The van der Waals surface area contributed by atoms with Gasteiger partial charge in [0.05, 0.1) is 5.69 Å². The van der Waals surface area contributed by atoms with Crippen molar-refractivity contribution in [2.24, 2.45) is 0 Å². The molecule has 0 radical (unpaired) electrons. The summed E-state index contributed by atoms with van der Waals surface area (Å²) in [7, 11) is 0. The number of fused-ring (bicyclic) bond motifs is 1. The number of aromatic amines is 1. The molecule has 34 heavy (non-hydrogen) atoms. The van der Waals surface area contributed by atoms with Gasteiger partial charge in [-0.15, -0.1) is 23.5 Å². The summed E-state index contributed by atoms with van der Waals surface area (Å²) in [4.78, 5) is 38.5. The van der Waals surface area contributed by atoms with Crippen molar-refractivity contribution in [1.82, 2.24) is 29.5 Å². The van der Waals surface area contributed by atoms with Crippen LogP contribution in [0.15, 0.2) is 56.5 Å². The number of pyridine rings is 1. The third-order valence-electron chi connectivity index (χ3n) is 4.65. The number of imidazole rings is 1. The number of rotatable bonds is 10. The number of nitrogens with zero attached hydrogens (tertiary/aromatic N) is 6. The van der Waals surface area contributed by atoms with Crippen molar-refractivity contribution < 1.29 is 4.92 Å². The van der Waals surface area contributed by atoms with E-state index in [1.54, 1.807) is 35.8 Å². The highest BCUT2D eigenvalue weighted by atomic mass is 32.2. The quantitative estimate of drug-likeness (QED) is 0.104. The Labute approximate surface area is 206 Å². The number of hydrogen-bond acceptors (Lipinski definition) is 11. The Bertz CT molecular complexity index is 1390. The fraction of sp³-hybridized carbons (Fsp3) is 0.250. The van der Waals surface area contributed by atoms with Gasteiger partial charge in [-0.3, -0.25) is 9.78 Å². The molecular formula is C20H20N8O3S3. The van der Waals surface area contributed by atoms with Crippen LogP contribution in [-0.2, 0) is 5.75 Å². The molecule has 0 fully saturated rings. The molecule has 0 bridgehead atoms. The minimum atomic E-state index is -0.493. The van der Waals surface area contributed by atoms with Crippen LogP contribution < -0.4 is 11.3 Å². The lowest BCUT2D eigenvalue weighted by Crippen LogP contribution is -2.09. The highest BCUT2D eigenvalue weighted by Crippen LogP contribution is 2.28. The van der Waals surface area contributed by atoms with Gasteiger partial charge in [0.15, 0.2) is 5.16 Å². The van der Waals surface area contributed by atoms with E-state index in [4.69, 9.17) is 5.73 Å². The zero-order chi connectivity index (χ0) is 24.1. The molecule has 0 saturated carbocycles. The molecule has 0 aromatic carbocycles. The number of nitrogens with two attached hydrogens (primary N) is 1. The summed E-state index contributed by atoms with van der Waals surface area (Å²) in [5.74, 6) is 2.35. The maximum atomic E-state index is 11.5. The van der Waals surface area contributed by atoms with E-state index >= 15 is 0 Å². The number of nitrogens with one attached hydrogen (secondary N) is 1. The Morgan fingerprint density at radius 3 is 2.79 bits per heavy atom. The molecule has 176 valence electrons. The van der Waals surface area contributed by atoms with Gasteiger partial charge in [-0.1, -0.05) is 21.4 Å². The van der Waals surface area contributed by atoms with Gasteiger partial charge in [-0.05, 0) is 41.7 Å². The normalized spacial score (nSPS) is 11.2. The van der Waals surface area contributed by atoms with Crippen molar-refractivity contribution in [2.45, 2.75) is 34.2 Å². The lowest BCUT2D eigenvalue weighted by atomic mass is 10.2. The Balaban J connectivity index is 1.28. The Morgan fingerprint density at radius 2 is 2.00 bits per heavy atom. The molecule has 0 saturated heterocycles. The van der Waals surface area contributed by atoms with E-state index in [1.165, 1.54) is 28.5 Å². The molecule has 4 heterocycles. The average Bonchev–Trinajstić information content (AvgIpc) is 3.22. The second kappa shape index (κ2) is 10.9. The molecule has 11 nitrogen and oxygen atoms in total. The van der Waals surface area contributed by atoms with Crippen LogP contribution in [0.3, 0.4) is 0 Å². The summed E-state index contributed by atoms with van der Waals surface area (Å²) >= 11 is 4.69. The molecule has 3 N–H and O–H groups in total. The molecule has 0 atom stereocenters. The number of aromatic nitrogens is 6. The average molecular weight is 517 g/mol. The second-order valence-corrected chi connectivity index (χ2v) is 10.2. The van der Waals surface area contributed by atoms with Crippen LogP contribution in [0.4, 0.5) is 11.6 Å². The summed E-state index contributed by atoms with van der Waals surface area (Å²) < 4.78 is 1.26. The van der Waals surface area contributed by atoms with E-state index in [9.17, 15) is 14.9 Å². The van der Waals surface area contributed by atoms with Crippen molar-refractivity contribution in [3.8, 4) is 0 Å². The minimum absolute atomic E-state index is 0.145. The maximum Gasteiger partial charge on any atom is 0.368 e. The van der Waals surface area contributed by atoms with Crippen LogP contribution >= 0.6 is 35.3 Å². The van der Waals surface area contributed by atoms with Crippen LogP contribution in [-0.4, -0.2) is 46.0 Å². The van der Waals surface area contributed by atoms with Crippen molar-refractivity contribution in [3.63, 3.8) is 0 Å². The van der Waals surface area contributed by atoms with Gasteiger partial charge in [0.25, 0.3) is 5.56 Å². The molecule has 4 aromatic heterocycles. The Kier molecular flexibility index (Phi) is 7.70. The van der Waals surface area contributed by atoms with E-state index in [-0.39, 0.29) is 17.2 Å². The number of hydrogen-bond donors (Lipinski definition) is 2. The molecule has 0 unspecified atom stereocenters. The minimum Gasteiger partial charge on any atom is -0.383 e. The largest absolute Gasteiger partial charge is 0.383 e. The monoisotopic (exact) mass is 516 g/mol. The molecule has 0 aliphatic carbocycles. The van der Waals surface area contributed by atoms with Crippen LogP contribution in [0.1, 0.15) is 17.7 Å². The fourth-order valence-electron chi connectivity index (χ4n) is 2.98. The topological polar surface area (TPSA) is 158 Å². The van der Waals surface area contributed by atoms with Gasteiger partial charge in [0, 0.05) is 34.7 Å². The van der Waals surface area contributed by atoms with Gasteiger partial charge in [-0.2, -0.15) is 0 Å². The number of thioether (sulfide) groups is 3. The fourth-order valence-corrected chi connectivity index (χ4v) is 5.87. The Hall–Kier alpha value is -3.10. The predicted octanol–water partition coefficient (Wildman–Crippen LogP) is 3.57. The van der Waals surface area contributed by atoms with Crippen LogP contribution in [0.5, 0.6) is 0 Å². The van der Waals surface area contributed by atoms with E-state index in [1.807, 2.05) is 19.1 Å². The van der Waals surface area contributed by atoms with E-state index in [0.717, 1.165) is 34.1 Å². The molecule has 14 heteroatoms.